The fourth-order valence-electron chi connectivity index (χ4n) is 4.72. The minimum atomic E-state index is -0.831. The number of methoxy groups -OCH3 is 1. The first-order valence-electron chi connectivity index (χ1n) is 11.6. The van der Waals surface area contributed by atoms with E-state index in [1.165, 1.54) is 31.2 Å². The van der Waals surface area contributed by atoms with Gasteiger partial charge in [0, 0.05) is 48.6 Å². The Morgan fingerprint density at radius 1 is 1.21 bits per heavy atom. The monoisotopic (exact) mass is 473 g/mol. The third-order valence-electron chi connectivity index (χ3n) is 6.63. The number of amides is 2. The number of hydrogen-bond donors (Lipinski definition) is 2. The number of aromatic amines is 1. The average Bonchev–Trinajstić information content (AvgIpc) is 3.56. The topological polar surface area (TPSA) is 117 Å². The second-order valence-corrected chi connectivity index (χ2v) is 9.73. The Balaban J connectivity index is 1.32. The van der Waals surface area contributed by atoms with Gasteiger partial charge in [0.1, 0.15) is 11.7 Å². The van der Waals surface area contributed by atoms with Gasteiger partial charge >= 0.3 is 5.97 Å². The molecule has 178 valence electrons. The molecule has 2 amide bonds. The number of carbonyl (C=O) groups excluding carboxylic acids is 3. The van der Waals surface area contributed by atoms with Gasteiger partial charge in [-0.15, -0.1) is 11.3 Å². The maximum atomic E-state index is 12.8. The normalized spacial score (nSPS) is 18.6. The Labute approximate surface area is 197 Å². The highest BCUT2D eigenvalue weighted by atomic mass is 32.1. The molecule has 0 radical (unpaired) electrons. The summed E-state index contributed by atoms with van der Waals surface area (Å²) in [6.45, 7) is 1.49. The number of carbonyl (C=O) groups is 3. The highest BCUT2D eigenvalue weighted by Gasteiger charge is 2.31. The van der Waals surface area contributed by atoms with Crippen molar-refractivity contribution in [1.29, 1.82) is 0 Å². The van der Waals surface area contributed by atoms with Crippen molar-refractivity contribution in [1.82, 2.24) is 25.2 Å². The Kier molecular flexibility index (Phi) is 7.74. The van der Waals surface area contributed by atoms with Crippen LogP contribution in [0.15, 0.2) is 17.9 Å². The van der Waals surface area contributed by atoms with Crippen LogP contribution >= 0.6 is 11.3 Å². The number of thiazole rings is 1. The largest absolute Gasteiger partial charge is 0.467 e. The predicted octanol–water partition coefficient (Wildman–Crippen LogP) is 2.67. The molecule has 1 atom stereocenters. The molecular weight excluding hydrogens is 442 g/mol. The van der Waals surface area contributed by atoms with Crippen molar-refractivity contribution in [2.24, 2.45) is 5.92 Å². The summed E-state index contributed by atoms with van der Waals surface area (Å²) in [6, 6.07) is -0.831. The third kappa shape index (κ3) is 5.79. The molecule has 10 heteroatoms. The van der Waals surface area contributed by atoms with Crippen molar-refractivity contribution < 1.29 is 19.1 Å². The van der Waals surface area contributed by atoms with Crippen LogP contribution in [-0.4, -0.2) is 63.9 Å². The second kappa shape index (κ2) is 10.9. The van der Waals surface area contributed by atoms with Crippen molar-refractivity contribution in [3.05, 3.63) is 34.3 Å². The molecule has 2 N–H and O–H groups in total. The number of ether oxygens (including phenoxy) is 1. The molecule has 1 unspecified atom stereocenters. The number of H-pyrrole nitrogens is 1. The van der Waals surface area contributed by atoms with E-state index in [1.54, 1.807) is 11.6 Å². The van der Waals surface area contributed by atoms with E-state index in [9.17, 15) is 14.4 Å². The molecule has 0 aromatic carbocycles. The summed E-state index contributed by atoms with van der Waals surface area (Å²) in [5.41, 5.74) is 1.02. The molecule has 33 heavy (non-hydrogen) atoms. The quantitative estimate of drug-likeness (QED) is 0.597. The van der Waals surface area contributed by atoms with E-state index in [0.29, 0.717) is 11.6 Å². The first kappa shape index (κ1) is 23.4. The summed E-state index contributed by atoms with van der Waals surface area (Å²) in [5, 5.41) is 5.37. The zero-order chi connectivity index (χ0) is 23.2. The van der Waals surface area contributed by atoms with Crippen LogP contribution in [0.3, 0.4) is 0 Å². The average molecular weight is 474 g/mol. The molecule has 0 spiro atoms. The van der Waals surface area contributed by atoms with Crippen LogP contribution in [-0.2, 0) is 20.7 Å². The van der Waals surface area contributed by atoms with Gasteiger partial charge in [-0.3, -0.25) is 9.59 Å². The SMILES string of the molecule is COC(=O)C(Cc1cnc[nH]1)NC(=O)c1csc(C2CCN(C(=O)C3CCCCC3)CC2)n1. The minimum Gasteiger partial charge on any atom is -0.467 e. The number of hydrogen-bond acceptors (Lipinski definition) is 7. The number of nitrogens with zero attached hydrogens (tertiary/aromatic N) is 3. The molecule has 2 aromatic rings. The van der Waals surface area contributed by atoms with Gasteiger partial charge in [-0.1, -0.05) is 19.3 Å². The van der Waals surface area contributed by atoms with Crippen LogP contribution in [0.4, 0.5) is 0 Å². The fourth-order valence-corrected chi connectivity index (χ4v) is 5.69. The van der Waals surface area contributed by atoms with Gasteiger partial charge in [-0.25, -0.2) is 14.8 Å². The maximum absolute atomic E-state index is 12.8. The molecule has 3 heterocycles. The van der Waals surface area contributed by atoms with E-state index >= 15 is 0 Å². The molecule has 2 aromatic heterocycles. The van der Waals surface area contributed by atoms with E-state index in [1.807, 2.05) is 4.90 Å². The Bertz CT molecular complexity index is 946. The standard InChI is InChI=1S/C23H31N5O4S/c1-32-23(31)18(11-17-12-24-14-25-17)26-20(29)19-13-33-21(27-19)15-7-9-28(10-8-15)22(30)16-5-3-2-4-6-16/h12-16,18H,2-11H2,1H3,(H,24,25)(H,26,29). The zero-order valence-corrected chi connectivity index (χ0v) is 19.7. The van der Waals surface area contributed by atoms with Gasteiger partial charge in [-0.05, 0) is 25.7 Å². The predicted molar refractivity (Wildman–Crippen MR) is 123 cm³/mol. The van der Waals surface area contributed by atoms with E-state index in [2.05, 4.69) is 20.3 Å². The lowest BCUT2D eigenvalue weighted by Gasteiger charge is -2.34. The first-order chi connectivity index (χ1) is 16.0. The molecule has 4 rings (SSSR count). The molecule has 1 aliphatic carbocycles. The molecule has 1 aliphatic heterocycles. The summed E-state index contributed by atoms with van der Waals surface area (Å²) >= 11 is 1.46. The zero-order valence-electron chi connectivity index (χ0n) is 18.9. The van der Waals surface area contributed by atoms with Gasteiger partial charge in [0.15, 0.2) is 0 Å². The molecule has 2 fully saturated rings. The van der Waals surface area contributed by atoms with Crippen molar-refractivity contribution in [3.8, 4) is 0 Å². The van der Waals surface area contributed by atoms with Crippen LogP contribution < -0.4 is 5.32 Å². The van der Waals surface area contributed by atoms with E-state index < -0.39 is 17.9 Å². The molecular formula is C23H31N5O4S. The summed E-state index contributed by atoms with van der Waals surface area (Å²) in [5.74, 6) is -0.164. The Morgan fingerprint density at radius 3 is 2.64 bits per heavy atom. The minimum absolute atomic E-state index is 0.204. The lowest BCUT2D eigenvalue weighted by atomic mass is 9.87. The Hall–Kier alpha value is -2.75. The molecule has 9 nitrogen and oxygen atoms in total. The van der Waals surface area contributed by atoms with Gasteiger partial charge in [0.25, 0.3) is 5.91 Å². The Morgan fingerprint density at radius 2 is 1.97 bits per heavy atom. The molecule has 2 aliphatic rings. The van der Waals surface area contributed by atoms with Crippen LogP contribution in [0.2, 0.25) is 0 Å². The van der Waals surface area contributed by atoms with E-state index in [4.69, 9.17) is 4.74 Å². The van der Waals surface area contributed by atoms with E-state index in [0.717, 1.165) is 62.3 Å². The first-order valence-corrected chi connectivity index (χ1v) is 12.5. The van der Waals surface area contributed by atoms with Crippen LogP contribution in [0, 0.1) is 5.92 Å². The lowest BCUT2D eigenvalue weighted by molar-refractivity contribution is -0.143. The molecule has 0 bridgehead atoms. The van der Waals surface area contributed by atoms with Gasteiger partial charge in [0.05, 0.1) is 18.4 Å². The number of piperidine rings is 1. The van der Waals surface area contributed by atoms with E-state index in [-0.39, 0.29) is 18.3 Å². The number of imidazole rings is 1. The highest BCUT2D eigenvalue weighted by Crippen LogP contribution is 2.32. The number of aromatic nitrogens is 3. The number of esters is 1. The maximum Gasteiger partial charge on any atom is 0.328 e. The van der Waals surface area contributed by atoms with Crippen LogP contribution in [0.25, 0.3) is 0 Å². The van der Waals surface area contributed by atoms with Crippen LogP contribution in [0.5, 0.6) is 0 Å². The summed E-state index contributed by atoms with van der Waals surface area (Å²) in [4.78, 5) is 51.1. The number of nitrogens with one attached hydrogen (secondary N) is 2. The summed E-state index contributed by atoms with van der Waals surface area (Å²) in [6.07, 6.45) is 10.7. The highest BCUT2D eigenvalue weighted by molar-refractivity contribution is 7.09. The van der Waals surface area contributed by atoms with Crippen molar-refractivity contribution in [2.75, 3.05) is 20.2 Å². The van der Waals surface area contributed by atoms with Crippen molar-refractivity contribution in [2.45, 2.75) is 63.3 Å². The van der Waals surface area contributed by atoms with Gasteiger partial charge in [-0.2, -0.15) is 0 Å². The number of rotatable bonds is 7. The summed E-state index contributed by atoms with van der Waals surface area (Å²) in [7, 11) is 1.29. The van der Waals surface area contributed by atoms with Crippen molar-refractivity contribution in [3.63, 3.8) is 0 Å². The molecule has 1 saturated carbocycles. The third-order valence-corrected chi connectivity index (χ3v) is 7.64. The lowest BCUT2D eigenvalue weighted by Crippen LogP contribution is -2.43. The second-order valence-electron chi connectivity index (χ2n) is 8.84. The molecule has 1 saturated heterocycles. The summed E-state index contributed by atoms with van der Waals surface area (Å²) < 4.78 is 4.83. The smallest absolute Gasteiger partial charge is 0.328 e. The number of likely N-dealkylation sites (tertiary alicyclic amines) is 1. The fraction of sp³-hybridized carbons (Fsp3) is 0.609. The van der Waals surface area contributed by atoms with Gasteiger partial charge < -0.3 is 19.9 Å². The van der Waals surface area contributed by atoms with Crippen molar-refractivity contribution >= 4 is 29.1 Å². The van der Waals surface area contributed by atoms with Crippen LogP contribution in [0.1, 0.15) is 72.1 Å². The van der Waals surface area contributed by atoms with Gasteiger partial charge in [0.2, 0.25) is 5.91 Å².